The van der Waals surface area contributed by atoms with Crippen LogP contribution >= 0.6 is 0 Å². The molecule has 2 rings (SSSR count). The number of carbonyl (C=O) groups is 1. The first kappa shape index (κ1) is 19.7. The Kier molecular flexibility index (Phi) is 5.75. The third-order valence-corrected chi connectivity index (χ3v) is 6.02. The van der Waals surface area contributed by atoms with E-state index in [4.69, 9.17) is 5.73 Å². The third kappa shape index (κ3) is 4.31. The van der Waals surface area contributed by atoms with Crippen LogP contribution in [0.4, 0.5) is 13.2 Å². The maximum absolute atomic E-state index is 12.8. The minimum absolute atomic E-state index is 0.0294. The molecular formula is C15H20F3N3O3S. The summed E-state index contributed by atoms with van der Waals surface area (Å²) in [6.45, 7) is 2.31. The van der Waals surface area contributed by atoms with Crippen LogP contribution in [0.25, 0.3) is 0 Å². The number of rotatable bonds is 4. The Bertz CT molecular complexity index is 729. The summed E-state index contributed by atoms with van der Waals surface area (Å²) in [4.78, 5) is 13.2. The zero-order chi connectivity index (χ0) is 18.8. The lowest BCUT2D eigenvalue weighted by molar-refractivity contribution is -0.138. The molecule has 1 aromatic carbocycles. The lowest BCUT2D eigenvalue weighted by Gasteiger charge is -2.35. The van der Waals surface area contributed by atoms with Gasteiger partial charge in [-0.15, -0.1) is 0 Å². The number of amides is 1. The predicted octanol–water partition coefficient (Wildman–Crippen LogP) is 1.13. The predicted molar refractivity (Wildman–Crippen MR) is 85.0 cm³/mol. The van der Waals surface area contributed by atoms with Crippen LogP contribution in [0.5, 0.6) is 0 Å². The molecule has 1 heterocycles. The van der Waals surface area contributed by atoms with Gasteiger partial charge in [0.05, 0.1) is 10.5 Å². The van der Waals surface area contributed by atoms with Crippen molar-refractivity contribution >= 4 is 15.9 Å². The molecule has 1 unspecified atom stereocenters. The Hall–Kier alpha value is -1.65. The molecule has 1 fully saturated rings. The molecule has 0 aliphatic carbocycles. The smallest absolute Gasteiger partial charge is 0.340 e. The molecule has 1 aliphatic rings. The molecule has 1 saturated heterocycles. The summed E-state index contributed by atoms with van der Waals surface area (Å²) in [6.07, 6.45) is -4.62. The van der Waals surface area contributed by atoms with Crippen LogP contribution in [-0.2, 0) is 21.0 Å². The zero-order valence-corrected chi connectivity index (χ0v) is 14.5. The molecule has 1 aromatic rings. The van der Waals surface area contributed by atoms with Gasteiger partial charge in [-0.3, -0.25) is 4.79 Å². The summed E-state index contributed by atoms with van der Waals surface area (Å²) < 4.78 is 64.6. The molecule has 1 aliphatic heterocycles. The van der Waals surface area contributed by atoms with Crippen LogP contribution in [0.1, 0.15) is 12.5 Å². The third-order valence-electron chi connectivity index (χ3n) is 4.12. The van der Waals surface area contributed by atoms with Gasteiger partial charge in [0.15, 0.2) is 0 Å². The monoisotopic (exact) mass is 379 g/mol. The molecule has 0 spiro atoms. The molecule has 0 radical (unpaired) electrons. The van der Waals surface area contributed by atoms with Crippen molar-refractivity contribution in [3.63, 3.8) is 0 Å². The van der Waals surface area contributed by atoms with Gasteiger partial charge in [-0.2, -0.15) is 17.5 Å². The number of benzene rings is 1. The minimum atomic E-state index is -4.62. The molecule has 25 heavy (non-hydrogen) atoms. The quantitative estimate of drug-likeness (QED) is 0.850. The van der Waals surface area contributed by atoms with E-state index < -0.39 is 26.7 Å². The average Bonchev–Trinajstić information content (AvgIpc) is 2.60. The van der Waals surface area contributed by atoms with Crippen LogP contribution in [0.2, 0.25) is 0 Å². The van der Waals surface area contributed by atoms with E-state index in [1.165, 1.54) is 4.90 Å². The SMILES string of the molecule is CC(CN)C(=O)N1CCN(S(=O)(=O)c2cccc(C(F)(F)F)c2)CC1. The molecule has 0 aromatic heterocycles. The highest BCUT2D eigenvalue weighted by atomic mass is 32.2. The molecule has 0 saturated carbocycles. The largest absolute Gasteiger partial charge is 0.416 e. The van der Waals surface area contributed by atoms with Gasteiger partial charge < -0.3 is 10.6 Å². The summed E-state index contributed by atoms with van der Waals surface area (Å²) in [5.74, 6) is -0.509. The Balaban J connectivity index is 2.14. The normalized spacial score (nSPS) is 18.2. The summed E-state index contributed by atoms with van der Waals surface area (Å²) in [6, 6.07) is 3.66. The Morgan fingerprint density at radius 2 is 1.84 bits per heavy atom. The van der Waals surface area contributed by atoms with Crippen molar-refractivity contribution in [2.75, 3.05) is 32.7 Å². The number of piperazine rings is 1. The summed E-state index contributed by atoms with van der Waals surface area (Å²) in [5.41, 5.74) is 4.44. The Morgan fingerprint density at radius 3 is 2.36 bits per heavy atom. The van der Waals surface area contributed by atoms with Crippen molar-refractivity contribution in [1.82, 2.24) is 9.21 Å². The van der Waals surface area contributed by atoms with Crippen molar-refractivity contribution < 1.29 is 26.4 Å². The van der Waals surface area contributed by atoms with Crippen LogP contribution in [0.15, 0.2) is 29.2 Å². The van der Waals surface area contributed by atoms with E-state index in [2.05, 4.69) is 0 Å². The number of sulfonamides is 1. The first-order valence-corrected chi connectivity index (χ1v) is 9.17. The lowest BCUT2D eigenvalue weighted by atomic mass is 10.1. The van der Waals surface area contributed by atoms with Gasteiger partial charge in [0.2, 0.25) is 15.9 Å². The van der Waals surface area contributed by atoms with Crippen LogP contribution in [-0.4, -0.2) is 56.3 Å². The highest BCUT2D eigenvalue weighted by Crippen LogP contribution is 2.31. The molecule has 1 atom stereocenters. The second-order valence-electron chi connectivity index (χ2n) is 5.89. The first-order chi connectivity index (χ1) is 11.6. The highest BCUT2D eigenvalue weighted by Gasteiger charge is 2.34. The summed E-state index contributed by atoms with van der Waals surface area (Å²) in [7, 11) is -4.05. The van der Waals surface area contributed by atoms with Gasteiger partial charge >= 0.3 is 6.18 Å². The Morgan fingerprint density at radius 1 is 1.24 bits per heavy atom. The number of hydrogen-bond donors (Lipinski definition) is 1. The number of carbonyl (C=O) groups excluding carboxylic acids is 1. The van der Waals surface area contributed by atoms with Crippen LogP contribution < -0.4 is 5.73 Å². The van der Waals surface area contributed by atoms with Crippen molar-refractivity contribution in [1.29, 1.82) is 0 Å². The standard InChI is InChI=1S/C15H20F3N3O3S/c1-11(10-19)14(22)20-5-7-21(8-6-20)25(23,24)13-4-2-3-12(9-13)15(16,17)18/h2-4,9,11H,5-8,10,19H2,1H3. The van der Waals surface area contributed by atoms with E-state index in [0.29, 0.717) is 6.07 Å². The first-order valence-electron chi connectivity index (χ1n) is 7.73. The minimum Gasteiger partial charge on any atom is -0.340 e. The van der Waals surface area contributed by atoms with E-state index >= 15 is 0 Å². The molecule has 2 N–H and O–H groups in total. The topological polar surface area (TPSA) is 83.7 Å². The second kappa shape index (κ2) is 7.30. The Labute approximate surface area is 144 Å². The van der Waals surface area contributed by atoms with Gasteiger partial charge in [-0.05, 0) is 18.2 Å². The van der Waals surface area contributed by atoms with E-state index in [1.54, 1.807) is 6.92 Å². The van der Waals surface area contributed by atoms with Crippen LogP contribution in [0, 0.1) is 5.92 Å². The fourth-order valence-electron chi connectivity index (χ4n) is 2.54. The number of halogens is 3. The molecule has 140 valence electrons. The molecule has 10 heteroatoms. The van der Waals surface area contributed by atoms with Gasteiger partial charge in [-0.1, -0.05) is 13.0 Å². The maximum atomic E-state index is 12.8. The van der Waals surface area contributed by atoms with E-state index in [0.717, 1.165) is 22.5 Å². The van der Waals surface area contributed by atoms with Gasteiger partial charge in [-0.25, -0.2) is 8.42 Å². The fourth-order valence-corrected chi connectivity index (χ4v) is 4.01. The van der Waals surface area contributed by atoms with Crippen LogP contribution in [0.3, 0.4) is 0 Å². The van der Waals surface area contributed by atoms with E-state index in [9.17, 15) is 26.4 Å². The molecule has 6 nitrogen and oxygen atoms in total. The summed E-state index contributed by atoms with van der Waals surface area (Å²) in [5, 5.41) is 0. The number of nitrogens with two attached hydrogens (primary N) is 1. The maximum Gasteiger partial charge on any atom is 0.416 e. The van der Waals surface area contributed by atoms with E-state index in [-0.39, 0.29) is 44.5 Å². The fraction of sp³-hybridized carbons (Fsp3) is 0.533. The van der Waals surface area contributed by atoms with Crippen molar-refractivity contribution in [3.05, 3.63) is 29.8 Å². The second-order valence-corrected chi connectivity index (χ2v) is 7.83. The summed E-state index contributed by atoms with van der Waals surface area (Å²) >= 11 is 0. The van der Waals surface area contributed by atoms with Gasteiger partial charge in [0.1, 0.15) is 0 Å². The zero-order valence-electron chi connectivity index (χ0n) is 13.7. The van der Waals surface area contributed by atoms with Gasteiger partial charge in [0.25, 0.3) is 0 Å². The molecule has 1 amide bonds. The number of nitrogens with zero attached hydrogens (tertiary/aromatic N) is 2. The molecule has 0 bridgehead atoms. The highest BCUT2D eigenvalue weighted by molar-refractivity contribution is 7.89. The van der Waals surface area contributed by atoms with Crippen molar-refractivity contribution in [2.45, 2.75) is 18.0 Å². The average molecular weight is 379 g/mol. The lowest BCUT2D eigenvalue weighted by Crippen LogP contribution is -2.52. The van der Waals surface area contributed by atoms with E-state index in [1.807, 2.05) is 0 Å². The number of hydrogen-bond acceptors (Lipinski definition) is 4. The van der Waals surface area contributed by atoms with Crippen molar-refractivity contribution in [2.24, 2.45) is 11.7 Å². The molecular weight excluding hydrogens is 359 g/mol. The number of alkyl halides is 3. The van der Waals surface area contributed by atoms with Crippen molar-refractivity contribution in [3.8, 4) is 0 Å². The van der Waals surface area contributed by atoms with Gasteiger partial charge in [0, 0.05) is 38.6 Å².